The highest BCUT2D eigenvalue weighted by Gasteiger charge is 2.51. The molecule has 0 N–H and O–H groups in total. The van der Waals surface area contributed by atoms with Gasteiger partial charge in [0.05, 0.1) is 0 Å². The summed E-state index contributed by atoms with van der Waals surface area (Å²) >= 11 is 0. The summed E-state index contributed by atoms with van der Waals surface area (Å²) in [5.74, 6) is 0.851. The minimum Gasteiger partial charge on any atom is -0.0648 e. The molecule has 1 saturated carbocycles. The van der Waals surface area contributed by atoms with Crippen LogP contribution >= 0.6 is 0 Å². The van der Waals surface area contributed by atoms with Crippen molar-refractivity contribution in [3.63, 3.8) is 0 Å². The highest BCUT2D eigenvalue weighted by Crippen LogP contribution is 2.63. The summed E-state index contributed by atoms with van der Waals surface area (Å²) in [5, 5.41) is 0. The molecule has 0 heterocycles. The molecule has 0 nitrogen and oxygen atoms in total. The van der Waals surface area contributed by atoms with Gasteiger partial charge in [-0.1, -0.05) is 44.2 Å². The van der Waals surface area contributed by atoms with Gasteiger partial charge in [-0.2, -0.15) is 0 Å². The molecule has 1 fully saturated rings. The van der Waals surface area contributed by atoms with Crippen LogP contribution in [-0.4, -0.2) is 0 Å². The van der Waals surface area contributed by atoms with Crippen LogP contribution in [0.15, 0.2) is 30.3 Å². The molecule has 1 aliphatic rings. The van der Waals surface area contributed by atoms with E-state index in [1.165, 1.54) is 19.3 Å². The molecule has 13 heavy (non-hydrogen) atoms. The van der Waals surface area contributed by atoms with Crippen LogP contribution < -0.4 is 0 Å². The van der Waals surface area contributed by atoms with Crippen molar-refractivity contribution >= 4 is 0 Å². The van der Waals surface area contributed by atoms with Crippen LogP contribution in [0.25, 0.3) is 0 Å². The predicted octanol–water partition coefficient (Wildman–Crippen LogP) is 3.98. The summed E-state index contributed by atoms with van der Waals surface area (Å²) in [6.45, 7) is 4.65. The fourth-order valence-corrected chi connectivity index (χ4v) is 2.54. The molecule has 0 bridgehead atoms. The Bertz CT molecular complexity index is 269. The van der Waals surface area contributed by atoms with Crippen molar-refractivity contribution in [3.8, 4) is 0 Å². The summed E-state index contributed by atoms with van der Waals surface area (Å²) in [5.41, 5.74) is 2.20. The second-order valence-corrected chi connectivity index (χ2v) is 4.24. The molecule has 0 radical (unpaired) electrons. The Balaban J connectivity index is 2.15. The number of rotatable bonds is 3. The van der Waals surface area contributed by atoms with Gasteiger partial charge in [0.15, 0.2) is 0 Å². The Kier molecular flexibility index (Phi) is 2.15. The fraction of sp³-hybridized carbons (Fsp3) is 0.538. The summed E-state index contributed by atoms with van der Waals surface area (Å²) in [6.07, 6.45) is 4.08. The lowest BCUT2D eigenvalue weighted by atomic mass is 9.94. The quantitative estimate of drug-likeness (QED) is 0.650. The van der Waals surface area contributed by atoms with Crippen molar-refractivity contribution in [3.05, 3.63) is 35.9 Å². The minimum atomic E-state index is 0.654. The van der Waals surface area contributed by atoms with Crippen molar-refractivity contribution in [1.29, 1.82) is 0 Å². The first-order chi connectivity index (χ1) is 6.32. The first-order valence-corrected chi connectivity index (χ1v) is 5.37. The minimum absolute atomic E-state index is 0.654. The Hall–Kier alpha value is -0.780. The predicted molar refractivity (Wildman–Crippen MR) is 56.8 cm³/mol. The van der Waals surface area contributed by atoms with Crippen molar-refractivity contribution in [1.82, 2.24) is 0 Å². The van der Waals surface area contributed by atoms with Crippen LogP contribution in [0.1, 0.15) is 44.6 Å². The first kappa shape index (κ1) is 8.80. The maximum absolute atomic E-state index is 2.33. The Labute approximate surface area is 81.0 Å². The van der Waals surface area contributed by atoms with Crippen molar-refractivity contribution in [2.24, 2.45) is 5.41 Å². The van der Waals surface area contributed by atoms with Gasteiger partial charge in [-0.3, -0.25) is 0 Å². The third-order valence-electron chi connectivity index (χ3n) is 3.80. The standard InChI is InChI=1S/C13H18/c1-3-13(4-2)10-12(13)11-8-6-5-7-9-11/h5-9,12H,3-4,10H2,1-2H3. The molecule has 2 rings (SSSR count). The monoisotopic (exact) mass is 174 g/mol. The van der Waals surface area contributed by atoms with E-state index in [1.54, 1.807) is 5.56 Å². The highest BCUT2D eigenvalue weighted by molar-refractivity contribution is 5.29. The van der Waals surface area contributed by atoms with Gasteiger partial charge in [-0.15, -0.1) is 0 Å². The lowest BCUT2D eigenvalue weighted by Gasteiger charge is -2.11. The van der Waals surface area contributed by atoms with Crippen LogP contribution in [-0.2, 0) is 0 Å². The molecule has 0 amide bonds. The molecule has 1 unspecified atom stereocenters. The van der Waals surface area contributed by atoms with Crippen molar-refractivity contribution in [2.45, 2.75) is 39.0 Å². The Morgan fingerprint density at radius 1 is 1.15 bits per heavy atom. The van der Waals surface area contributed by atoms with Gasteiger partial charge in [0.2, 0.25) is 0 Å². The Morgan fingerprint density at radius 2 is 1.77 bits per heavy atom. The zero-order valence-electron chi connectivity index (χ0n) is 8.59. The van der Waals surface area contributed by atoms with E-state index in [0.717, 1.165) is 5.92 Å². The van der Waals surface area contributed by atoms with Crippen LogP contribution in [0, 0.1) is 5.41 Å². The number of benzene rings is 1. The van der Waals surface area contributed by atoms with Gasteiger partial charge in [0.1, 0.15) is 0 Å². The van der Waals surface area contributed by atoms with Crippen LogP contribution in [0.4, 0.5) is 0 Å². The lowest BCUT2D eigenvalue weighted by Crippen LogP contribution is -1.99. The molecule has 0 saturated heterocycles. The molecule has 1 aliphatic carbocycles. The van der Waals surface area contributed by atoms with Crippen LogP contribution in [0.3, 0.4) is 0 Å². The van der Waals surface area contributed by atoms with Gasteiger partial charge in [0, 0.05) is 0 Å². The molecule has 70 valence electrons. The maximum Gasteiger partial charge on any atom is -0.00998 e. The summed E-state index contributed by atoms with van der Waals surface area (Å²) in [4.78, 5) is 0. The average molecular weight is 174 g/mol. The van der Waals surface area contributed by atoms with E-state index in [2.05, 4.69) is 44.2 Å². The van der Waals surface area contributed by atoms with E-state index in [0.29, 0.717) is 5.41 Å². The molecule has 1 aromatic carbocycles. The largest absolute Gasteiger partial charge is 0.0648 e. The molecular weight excluding hydrogens is 156 g/mol. The van der Waals surface area contributed by atoms with Gasteiger partial charge in [-0.25, -0.2) is 0 Å². The molecule has 1 aromatic rings. The normalized spacial score (nSPS) is 24.3. The van der Waals surface area contributed by atoms with Gasteiger partial charge < -0.3 is 0 Å². The molecule has 1 atom stereocenters. The fourth-order valence-electron chi connectivity index (χ4n) is 2.54. The van der Waals surface area contributed by atoms with E-state index < -0.39 is 0 Å². The van der Waals surface area contributed by atoms with Crippen molar-refractivity contribution in [2.75, 3.05) is 0 Å². The van der Waals surface area contributed by atoms with Gasteiger partial charge >= 0.3 is 0 Å². The zero-order valence-corrected chi connectivity index (χ0v) is 8.59. The molecule has 0 heteroatoms. The Morgan fingerprint density at radius 3 is 2.23 bits per heavy atom. The smallest absolute Gasteiger partial charge is 0.00998 e. The van der Waals surface area contributed by atoms with Gasteiger partial charge in [0.25, 0.3) is 0 Å². The first-order valence-electron chi connectivity index (χ1n) is 5.37. The van der Waals surface area contributed by atoms with Gasteiger partial charge in [-0.05, 0) is 36.2 Å². The summed E-state index contributed by atoms with van der Waals surface area (Å²) in [6, 6.07) is 11.0. The van der Waals surface area contributed by atoms with Crippen LogP contribution in [0.5, 0.6) is 0 Å². The molecule has 0 aliphatic heterocycles. The number of hydrogen-bond donors (Lipinski definition) is 0. The second kappa shape index (κ2) is 3.17. The van der Waals surface area contributed by atoms with Crippen molar-refractivity contribution < 1.29 is 0 Å². The third-order valence-corrected chi connectivity index (χ3v) is 3.80. The summed E-state index contributed by atoms with van der Waals surface area (Å²) in [7, 11) is 0. The van der Waals surface area contributed by atoms with E-state index in [4.69, 9.17) is 0 Å². The highest BCUT2D eigenvalue weighted by atomic mass is 14.5. The topological polar surface area (TPSA) is 0 Å². The molecule has 0 spiro atoms. The maximum atomic E-state index is 2.33. The number of hydrogen-bond acceptors (Lipinski definition) is 0. The molecule has 0 aromatic heterocycles. The van der Waals surface area contributed by atoms with E-state index in [1.807, 2.05) is 0 Å². The van der Waals surface area contributed by atoms with E-state index in [-0.39, 0.29) is 0 Å². The van der Waals surface area contributed by atoms with E-state index in [9.17, 15) is 0 Å². The molecular formula is C13H18. The SMILES string of the molecule is CCC1(CC)CC1c1ccccc1. The lowest BCUT2D eigenvalue weighted by molar-refractivity contribution is 0.455. The van der Waals surface area contributed by atoms with E-state index >= 15 is 0 Å². The summed E-state index contributed by atoms with van der Waals surface area (Å²) < 4.78 is 0. The second-order valence-electron chi connectivity index (χ2n) is 4.24. The van der Waals surface area contributed by atoms with Crippen LogP contribution in [0.2, 0.25) is 0 Å². The third kappa shape index (κ3) is 1.39. The average Bonchev–Trinajstić information content (AvgIpc) is 2.95. The zero-order chi connectivity index (χ0) is 9.31.